The molecule has 1 heterocycles. The van der Waals surface area contributed by atoms with Crippen molar-refractivity contribution in [3.63, 3.8) is 0 Å². The lowest BCUT2D eigenvalue weighted by Crippen LogP contribution is -2.61. The Hall–Kier alpha value is -0.900. The summed E-state index contributed by atoms with van der Waals surface area (Å²) in [4.78, 5) is 29.2. The van der Waals surface area contributed by atoms with Crippen LogP contribution < -0.4 is 0 Å². The van der Waals surface area contributed by atoms with Crippen molar-refractivity contribution in [1.29, 1.82) is 0 Å². The first-order valence-corrected chi connectivity index (χ1v) is 8.12. The summed E-state index contributed by atoms with van der Waals surface area (Å²) in [6.07, 6.45) is 0.568. The van der Waals surface area contributed by atoms with Crippen molar-refractivity contribution >= 4 is 11.7 Å². The summed E-state index contributed by atoms with van der Waals surface area (Å²) in [6, 6.07) is 0.151. The second-order valence-corrected chi connectivity index (χ2v) is 7.90. The first-order valence-electron chi connectivity index (χ1n) is 8.12. The van der Waals surface area contributed by atoms with Gasteiger partial charge < -0.3 is 4.90 Å². The topological polar surface area (TPSA) is 40.6 Å². The van der Waals surface area contributed by atoms with Crippen LogP contribution in [0.5, 0.6) is 0 Å². The Kier molecular flexibility index (Phi) is 5.97. The second kappa shape index (κ2) is 6.91. The third-order valence-electron chi connectivity index (χ3n) is 4.06. The molecule has 0 aromatic heterocycles. The van der Waals surface area contributed by atoms with E-state index in [1.54, 1.807) is 0 Å². The molecule has 1 aliphatic rings. The fourth-order valence-corrected chi connectivity index (χ4v) is 2.85. The van der Waals surface area contributed by atoms with Crippen molar-refractivity contribution in [1.82, 2.24) is 9.80 Å². The van der Waals surface area contributed by atoms with Crippen LogP contribution in [-0.4, -0.2) is 53.2 Å². The molecule has 4 heteroatoms. The van der Waals surface area contributed by atoms with E-state index in [1.807, 2.05) is 25.7 Å². The number of Topliss-reactive ketones (excluding diaryl/α,β-unsaturated/α-hetero) is 1. The minimum atomic E-state index is -0.373. The molecule has 1 atom stereocenters. The molecule has 122 valence electrons. The molecule has 0 saturated carbocycles. The van der Waals surface area contributed by atoms with Crippen molar-refractivity contribution in [2.24, 2.45) is 11.3 Å². The number of nitrogens with zero attached hydrogens (tertiary/aromatic N) is 2. The zero-order valence-corrected chi connectivity index (χ0v) is 14.8. The fraction of sp³-hybridized carbons (Fsp3) is 0.882. The third kappa shape index (κ3) is 4.80. The fourth-order valence-electron chi connectivity index (χ4n) is 2.85. The second-order valence-electron chi connectivity index (χ2n) is 7.90. The first-order chi connectivity index (χ1) is 9.54. The average molecular weight is 296 g/mol. The molecule has 1 amide bonds. The normalized spacial score (nSPS) is 21.2. The molecule has 0 radical (unpaired) electrons. The summed E-state index contributed by atoms with van der Waals surface area (Å²) >= 11 is 0. The van der Waals surface area contributed by atoms with Crippen LogP contribution in [0.15, 0.2) is 0 Å². The number of hydrogen-bond donors (Lipinski definition) is 0. The number of amides is 1. The van der Waals surface area contributed by atoms with Gasteiger partial charge in [0.05, 0.1) is 6.04 Å². The molecule has 0 bridgehead atoms. The number of piperazine rings is 1. The Morgan fingerprint density at radius 2 is 1.67 bits per heavy atom. The van der Waals surface area contributed by atoms with Crippen molar-refractivity contribution < 1.29 is 9.59 Å². The number of carbonyl (C=O) groups excluding carboxylic acids is 2. The van der Waals surface area contributed by atoms with Gasteiger partial charge in [-0.25, -0.2) is 0 Å². The van der Waals surface area contributed by atoms with Crippen LogP contribution in [0.25, 0.3) is 0 Å². The van der Waals surface area contributed by atoms with E-state index >= 15 is 0 Å². The maximum atomic E-state index is 12.7. The van der Waals surface area contributed by atoms with E-state index in [0.29, 0.717) is 24.9 Å². The molecule has 0 N–H and O–H groups in total. The Morgan fingerprint density at radius 1 is 1.10 bits per heavy atom. The van der Waals surface area contributed by atoms with Crippen LogP contribution in [0.4, 0.5) is 0 Å². The van der Waals surface area contributed by atoms with Crippen LogP contribution in [0.3, 0.4) is 0 Å². The molecule has 21 heavy (non-hydrogen) atoms. The molecule has 0 aromatic rings. The standard InChI is InChI=1S/C17H32N2O2/c1-12(2)10-15(20)18-8-9-19(13(3)4)14(11-18)16(21)17(5,6)7/h12-14H,8-11H2,1-7H3/t14-/m0/s1. The molecule has 1 aliphatic heterocycles. The number of carbonyl (C=O) groups is 2. The van der Waals surface area contributed by atoms with Crippen molar-refractivity contribution in [2.75, 3.05) is 19.6 Å². The third-order valence-corrected chi connectivity index (χ3v) is 4.06. The van der Waals surface area contributed by atoms with Gasteiger partial charge in [0.15, 0.2) is 5.78 Å². The number of ketones is 1. The van der Waals surface area contributed by atoms with Crippen LogP contribution in [0.1, 0.15) is 54.9 Å². The van der Waals surface area contributed by atoms with Gasteiger partial charge in [0.2, 0.25) is 5.91 Å². The Morgan fingerprint density at radius 3 is 2.10 bits per heavy atom. The minimum Gasteiger partial charge on any atom is -0.339 e. The molecule has 0 unspecified atom stereocenters. The van der Waals surface area contributed by atoms with Gasteiger partial charge >= 0.3 is 0 Å². The highest BCUT2D eigenvalue weighted by molar-refractivity contribution is 5.90. The highest BCUT2D eigenvalue weighted by atomic mass is 16.2. The summed E-state index contributed by atoms with van der Waals surface area (Å²) in [5.74, 6) is 0.774. The maximum absolute atomic E-state index is 12.7. The Balaban J connectivity index is 2.88. The molecule has 1 fully saturated rings. The predicted molar refractivity (Wildman–Crippen MR) is 86.1 cm³/mol. The summed E-state index contributed by atoms with van der Waals surface area (Å²) in [7, 11) is 0. The largest absolute Gasteiger partial charge is 0.339 e. The molecule has 1 rings (SSSR count). The van der Waals surface area contributed by atoms with Crippen LogP contribution in [0.2, 0.25) is 0 Å². The van der Waals surface area contributed by atoms with E-state index in [0.717, 1.165) is 13.1 Å². The van der Waals surface area contributed by atoms with Crippen molar-refractivity contribution in [3.05, 3.63) is 0 Å². The molecular formula is C17H32N2O2. The van der Waals surface area contributed by atoms with E-state index in [9.17, 15) is 9.59 Å². The van der Waals surface area contributed by atoms with Gasteiger partial charge in [-0.2, -0.15) is 0 Å². The Labute approximate surface area is 129 Å². The van der Waals surface area contributed by atoms with E-state index < -0.39 is 0 Å². The molecule has 0 aliphatic carbocycles. The SMILES string of the molecule is CC(C)CC(=O)N1CCN(C(C)C)[C@H](C(=O)C(C)(C)C)C1. The minimum absolute atomic E-state index is 0.171. The lowest BCUT2D eigenvalue weighted by molar-refractivity contribution is -0.142. The smallest absolute Gasteiger partial charge is 0.222 e. The van der Waals surface area contributed by atoms with Crippen molar-refractivity contribution in [3.8, 4) is 0 Å². The van der Waals surface area contributed by atoms with Crippen LogP contribution in [-0.2, 0) is 9.59 Å². The lowest BCUT2D eigenvalue weighted by Gasteiger charge is -2.44. The quantitative estimate of drug-likeness (QED) is 0.800. The van der Waals surface area contributed by atoms with Gasteiger partial charge in [-0.05, 0) is 19.8 Å². The lowest BCUT2D eigenvalue weighted by atomic mass is 9.84. The zero-order valence-electron chi connectivity index (χ0n) is 14.8. The number of rotatable bonds is 4. The summed E-state index contributed by atoms with van der Waals surface area (Å²) in [5, 5.41) is 0. The average Bonchev–Trinajstić information content (AvgIpc) is 2.35. The van der Waals surface area contributed by atoms with E-state index in [4.69, 9.17) is 0 Å². The van der Waals surface area contributed by atoms with Gasteiger partial charge in [0.25, 0.3) is 0 Å². The van der Waals surface area contributed by atoms with Gasteiger partial charge in [0.1, 0.15) is 0 Å². The molecule has 1 saturated heterocycles. The van der Waals surface area contributed by atoms with Crippen LogP contribution >= 0.6 is 0 Å². The van der Waals surface area contributed by atoms with Crippen molar-refractivity contribution in [2.45, 2.75) is 67.0 Å². The molecule has 0 spiro atoms. The highest BCUT2D eigenvalue weighted by Crippen LogP contribution is 2.24. The molecule has 0 aromatic carbocycles. The summed E-state index contributed by atoms with van der Waals surface area (Å²) < 4.78 is 0. The van der Waals surface area contributed by atoms with E-state index in [-0.39, 0.29) is 23.1 Å². The van der Waals surface area contributed by atoms with Gasteiger partial charge in [-0.1, -0.05) is 34.6 Å². The van der Waals surface area contributed by atoms with Gasteiger partial charge in [-0.3, -0.25) is 14.5 Å². The monoisotopic (exact) mass is 296 g/mol. The summed E-state index contributed by atoms with van der Waals surface area (Å²) in [5.41, 5.74) is -0.373. The molecule has 4 nitrogen and oxygen atoms in total. The first kappa shape index (κ1) is 18.1. The summed E-state index contributed by atoms with van der Waals surface area (Å²) in [6.45, 7) is 16.3. The Bertz CT molecular complexity index is 383. The number of hydrogen-bond acceptors (Lipinski definition) is 3. The van der Waals surface area contributed by atoms with Gasteiger partial charge in [0, 0.05) is 37.5 Å². The van der Waals surface area contributed by atoms with E-state index in [2.05, 4.69) is 32.6 Å². The highest BCUT2D eigenvalue weighted by Gasteiger charge is 2.39. The zero-order chi connectivity index (χ0) is 16.4. The maximum Gasteiger partial charge on any atom is 0.222 e. The van der Waals surface area contributed by atoms with Gasteiger partial charge in [-0.15, -0.1) is 0 Å². The predicted octanol–water partition coefficient (Wildman–Crippen LogP) is 2.57. The van der Waals surface area contributed by atoms with E-state index in [1.165, 1.54) is 0 Å². The van der Waals surface area contributed by atoms with Crippen LogP contribution in [0, 0.1) is 11.3 Å². The molecular weight excluding hydrogens is 264 g/mol.